The summed E-state index contributed by atoms with van der Waals surface area (Å²) in [6, 6.07) is 9.61. The smallest absolute Gasteiger partial charge is 0.410 e. The molecule has 0 aromatic heterocycles. The van der Waals surface area contributed by atoms with Gasteiger partial charge in [0.15, 0.2) is 0 Å². The molecule has 0 bridgehead atoms. The first-order valence-electron chi connectivity index (χ1n) is 7.61. The summed E-state index contributed by atoms with van der Waals surface area (Å²) >= 11 is 0. The van der Waals surface area contributed by atoms with Gasteiger partial charge in [-0.1, -0.05) is 30.3 Å². The Hall–Kier alpha value is -2.08. The monoisotopic (exact) mass is 305 g/mol. The molecule has 1 heterocycles. The summed E-state index contributed by atoms with van der Waals surface area (Å²) in [5.74, 6) is 0.0947. The SMILES string of the molecule is NCC(=O)NCC1CCCN(C(=O)OCc2ccccc2)C1. The van der Waals surface area contributed by atoms with Crippen molar-refractivity contribution in [3.05, 3.63) is 35.9 Å². The number of nitrogens with zero attached hydrogens (tertiary/aromatic N) is 1. The lowest BCUT2D eigenvalue weighted by Crippen LogP contribution is -2.44. The van der Waals surface area contributed by atoms with Crippen molar-refractivity contribution in [1.29, 1.82) is 0 Å². The maximum absolute atomic E-state index is 12.1. The van der Waals surface area contributed by atoms with Crippen molar-refractivity contribution in [1.82, 2.24) is 10.2 Å². The highest BCUT2D eigenvalue weighted by Gasteiger charge is 2.24. The number of carbonyl (C=O) groups is 2. The molecule has 1 atom stereocenters. The molecule has 1 aliphatic rings. The number of likely N-dealkylation sites (tertiary alicyclic amines) is 1. The topological polar surface area (TPSA) is 84.7 Å². The summed E-state index contributed by atoms with van der Waals surface area (Å²) in [5, 5.41) is 2.78. The van der Waals surface area contributed by atoms with Crippen LogP contribution < -0.4 is 11.1 Å². The molecule has 0 spiro atoms. The Bertz CT molecular complexity index is 493. The van der Waals surface area contributed by atoms with Crippen LogP contribution in [0.5, 0.6) is 0 Å². The molecule has 6 heteroatoms. The maximum Gasteiger partial charge on any atom is 0.410 e. The quantitative estimate of drug-likeness (QED) is 0.853. The van der Waals surface area contributed by atoms with Crippen molar-refractivity contribution < 1.29 is 14.3 Å². The van der Waals surface area contributed by atoms with Crippen molar-refractivity contribution in [3.63, 3.8) is 0 Å². The Kier molecular flexibility index (Phi) is 6.21. The number of nitrogens with two attached hydrogens (primary N) is 1. The summed E-state index contributed by atoms with van der Waals surface area (Å²) < 4.78 is 5.34. The molecule has 0 saturated carbocycles. The number of piperidine rings is 1. The van der Waals surface area contributed by atoms with Gasteiger partial charge < -0.3 is 20.7 Å². The van der Waals surface area contributed by atoms with Crippen molar-refractivity contribution in [2.45, 2.75) is 19.4 Å². The van der Waals surface area contributed by atoms with Gasteiger partial charge in [-0.25, -0.2) is 4.79 Å². The Morgan fingerprint density at radius 1 is 1.32 bits per heavy atom. The zero-order valence-corrected chi connectivity index (χ0v) is 12.7. The highest BCUT2D eigenvalue weighted by molar-refractivity contribution is 5.77. The van der Waals surface area contributed by atoms with Gasteiger partial charge in [0.05, 0.1) is 6.54 Å². The van der Waals surface area contributed by atoms with E-state index in [0.717, 1.165) is 18.4 Å². The lowest BCUT2D eigenvalue weighted by Gasteiger charge is -2.32. The van der Waals surface area contributed by atoms with Crippen LogP contribution >= 0.6 is 0 Å². The predicted molar refractivity (Wildman–Crippen MR) is 83.0 cm³/mol. The van der Waals surface area contributed by atoms with Gasteiger partial charge in [-0.05, 0) is 24.3 Å². The summed E-state index contributed by atoms with van der Waals surface area (Å²) in [6.45, 7) is 2.15. The van der Waals surface area contributed by atoms with E-state index >= 15 is 0 Å². The van der Waals surface area contributed by atoms with E-state index in [1.165, 1.54) is 0 Å². The van der Waals surface area contributed by atoms with Gasteiger partial charge in [0.2, 0.25) is 5.91 Å². The second-order valence-electron chi connectivity index (χ2n) is 5.50. The lowest BCUT2D eigenvalue weighted by molar-refractivity contribution is -0.119. The second kappa shape index (κ2) is 8.38. The first-order valence-corrected chi connectivity index (χ1v) is 7.61. The Morgan fingerprint density at radius 3 is 2.82 bits per heavy atom. The molecule has 3 N–H and O–H groups in total. The summed E-state index contributed by atoms with van der Waals surface area (Å²) in [6.07, 6.45) is 1.62. The van der Waals surface area contributed by atoms with Gasteiger partial charge in [0.1, 0.15) is 6.61 Å². The standard InChI is InChI=1S/C16H23N3O3/c17-9-15(20)18-10-14-7-4-8-19(11-14)16(21)22-12-13-5-2-1-3-6-13/h1-3,5-6,14H,4,7-12,17H2,(H,18,20). The van der Waals surface area contributed by atoms with Crippen LogP contribution in [-0.4, -0.2) is 43.1 Å². The zero-order chi connectivity index (χ0) is 15.8. The van der Waals surface area contributed by atoms with Crippen LogP contribution in [0.15, 0.2) is 30.3 Å². The van der Waals surface area contributed by atoms with Crippen molar-refractivity contribution in [2.75, 3.05) is 26.2 Å². The Morgan fingerprint density at radius 2 is 2.09 bits per heavy atom. The van der Waals surface area contributed by atoms with Crippen LogP contribution in [0.1, 0.15) is 18.4 Å². The zero-order valence-electron chi connectivity index (χ0n) is 12.7. The van der Waals surface area contributed by atoms with Gasteiger partial charge in [-0.3, -0.25) is 4.79 Å². The number of carbonyl (C=O) groups excluding carboxylic acids is 2. The molecular formula is C16H23N3O3. The number of nitrogens with one attached hydrogen (secondary N) is 1. The Labute approximate surface area is 130 Å². The van der Waals surface area contributed by atoms with E-state index in [1.54, 1.807) is 4.90 Å². The first-order chi connectivity index (χ1) is 10.7. The molecule has 0 aliphatic carbocycles. The van der Waals surface area contributed by atoms with Crippen LogP contribution in [-0.2, 0) is 16.1 Å². The number of amides is 2. The number of hydrogen-bond acceptors (Lipinski definition) is 4. The molecule has 0 radical (unpaired) electrons. The molecule has 1 saturated heterocycles. The van der Waals surface area contributed by atoms with Crippen molar-refractivity contribution in [3.8, 4) is 0 Å². The van der Waals surface area contributed by atoms with Crippen molar-refractivity contribution >= 4 is 12.0 Å². The normalized spacial score (nSPS) is 17.9. The van der Waals surface area contributed by atoms with Gasteiger partial charge in [-0.2, -0.15) is 0 Å². The third-order valence-corrected chi connectivity index (χ3v) is 3.76. The molecule has 1 unspecified atom stereocenters. The van der Waals surface area contributed by atoms with Crippen LogP contribution in [0.25, 0.3) is 0 Å². The Balaban J connectivity index is 1.76. The number of ether oxygens (including phenoxy) is 1. The summed E-state index contributed by atoms with van der Waals surface area (Å²) in [4.78, 5) is 25.0. The molecule has 120 valence electrons. The molecule has 1 aromatic rings. The largest absolute Gasteiger partial charge is 0.445 e. The second-order valence-corrected chi connectivity index (χ2v) is 5.50. The molecule has 1 aliphatic heterocycles. The lowest BCUT2D eigenvalue weighted by atomic mass is 9.98. The minimum Gasteiger partial charge on any atom is -0.445 e. The van der Waals surface area contributed by atoms with E-state index < -0.39 is 0 Å². The minimum atomic E-state index is -0.293. The van der Waals surface area contributed by atoms with Crippen LogP contribution in [0.4, 0.5) is 4.79 Å². The maximum atomic E-state index is 12.1. The van der Waals surface area contributed by atoms with E-state index in [2.05, 4.69) is 5.32 Å². The molecule has 1 aromatic carbocycles. The average molecular weight is 305 g/mol. The average Bonchev–Trinajstić information content (AvgIpc) is 2.58. The number of rotatable bonds is 5. The summed E-state index contributed by atoms with van der Waals surface area (Å²) in [5.41, 5.74) is 6.23. The van der Waals surface area contributed by atoms with Gasteiger partial charge in [0.25, 0.3) is 0 Å². The third-order valence-electron chi connectivity index (χ3n) is 3.76. The fourth-order valence-electron chi connectivity index (χ4n) is 2.54. The minimum absolute atomic E-state index is 0.00441. The van der Waals surface area contributed by atoms with E-state index in [-0.39, 0.29) is 31.1 Å². The summed E-state index contributed by atoms with van der Waals surface area (Å²) in [7, 11) is 0. The van der Waals surface area contributed by atoms with E-state index in [4.69, 9.17) is 10.5 Å². The van der Waals surface area contributed by atoms with Crippen LogP contribution in [0.3, 0.4) is 0 Å². The molecule has 22 heavy (non-hydrogen) atoms. The van der Waals surface area contributed by atoms with Gasteiger partial charge in [0, 0.05) is 19.6 Å². The van der Waals surface area contributed by atoms with E-state index in [0.29, 0.717) is 19.6 Å². The van der Waals surface area contributed by atoms with Crippen molar-refractivity contribution in [2.24, 2.45) is 11.7 Å². The highest BCUT2D eigenvalue weighted by Crippen LogP contribution is 2.17. The van der Waals surface area contributed by atoms with Gasteiger partial charge >= 0.3 is 6.09 Å². The molecule has 2 rings (SSSR count). The number of hydrogen-bond donors (Lipinski definition) is 2. The fourth-order valence-corrected chi connectivity index (χ4v) is 2.54. The first kappa shape index (κ1) is 16.3. The molecule has 1 fully saturated rings. The number of benzene rings is 1. The fraction of sp³-hybridized carbons (Fsp3) is 0.500. The molecular weight excluding hydrogens is 282 g/mol. The van der Waals surface area contributed by atoms with E-state index in [9.17, 15) is 9.59 Å². The van der Waals surface area contributed by atoms with Gasteiger partial charge in [-0.15, -0.1) is 0 Å². The van der Waals surface area contributed by atoms with Crippen LogP contribution in [0.2, 0.25) is 0 Å². The van der Waals surface area contributed by atoms with Crippen LogP contribution in [0, 0.1) is 5.92 Å². The molecule has 2 amide bonds. The predicted octanol–water partition coefficient (Wildman–Crippen LogP) is 1.11. The third kappa shape index (κ3) is 5.04. The highest BCUT2D eigenvalue weighted by atomic mass is 16.6. The van der Waals surface area contributed by atoms with E-state index in [1.807, 2.05) is 30.3 Å². The molecule has 6 nitrogen and oxygen atoms in total.